The quantitative estimate of drug-likeness (QED) is 0.253. The van der Waals surface area contributed by atoms with Crippen LogP contribution in [0, 0.1) is 6.92 Å². The molecule has 2 aromatic heterocycles. The molecule has 0 atom stereocenters. The second-order valence-corrected chi connectivity index (χ2v) is 7.63. The van der Waals surface area contributed by atoms with Gasteiger partial charge in [-0.05, 0) is 49.2 Å². The Hall–Kier alpha value is -3.48. The van der Waals surface area contributed by atoms with Crippen LogP contribution in [0.15, 0.2) is 53.5 Å². The highest BCUT2D eigenvalue weighted by Crippen LogP contribution is 2.15. The van der Waals surface area contributed by atoms with Crippen LogP contribution >= 0.6 is 0 Å². The number of aromatic nitrogens is 2. The molecule has 0 aliphatic carbocycles. The van der Waals surface area contributed by atoms with Crippen molar-refractivity contribution in [3.63, 3.8) is 0 Å². The number of Topliss-reactive ketones (excluding diaryl/α,β-unsaturated/α-hetero) is 1. The van der Waals surface area contributed by atoms with Gasteiger partial charge in [0.05, 0.1) is 18.7 Å². The number of ether oxygens (including phenoxy) is 2. The number of esters is 1. The first kappa shape index (κ1) is 23.2. The van der Waals surface area contributed by atoms with Crippen LogP contribution < -0.4 is 10.3 Å². The lowest BCUT2D eigenvalue weighted by Crippen LogP contribution is -2.17. The smallest absolute Gasteiger partial charge is 0.306 e. The van der Waals surface area contributed by atoms with E-state index in [1.54, 1.807) is 36.5 Å². The van der Waals surface area contributed by atoms with Crippen LogP contribution in [0.25, 0.3) is 5.65 Å². The fraction of sp³-hybridized carbons (Fsp3) is 0.360. The van der Waals surface area contributed by atoms with Gasteiger partial charge in [0.25, 0.3) is 5.56 Å². The summed E-state index contributed by atoms with van der Waals surface area (Å²) in [6.45, 7) is 4.54. The summed E-state index contributed by atoms with van der Waals surface area (Å²) in [7, 11) is 0. The van der Waals surface area contributed by atoms with Crippen molar-refractivity contribution in [1.29, 1.82) is 0 Å². The fourth-order valence-corrected chi connectivity index (χ4v) is 3.25. The molecular formula is C25H28N2O5. The maximum atomic E-state index is 12.4. The maximum Gasteiger partial charge on any atom is 0.306 e. The Morgan fingerprint density at radius 2 is 1.84 bits per heavy atom. The molecule has 3 aromatic rings. The highest BCUT2D eigenvalue weighted by Gasteiger charge is 2.12. The molecule has 0 saturated carbocycles. The molecule has 0 aliphatic heterocycles. The number of fused-ring (bicyclic) bond motifs is 1. The summed E-state index contributed by atoms with van der Waals surface area (Å²) >= 11 is 0. The average molecular weight is 437 g/mol. The number of nitrogens with zero attached hydrogens (tertiary/aromatic N) is 2. The molecule has 2 heterocycles. The molecule has 0 N–H and O–H groups in total. The predicted octanol–water partition coefficient (Wildman–Crippen LogP) is 4.28. The number of ketones is 1. The Morgan fingerprint density at radius 3 is 2.59 bits per heavy atom. The van der Waals surface area contributed by atoms with Crippen LogP contribution in [0.2, 0.25) is 0 Å². The van der Waals surface area contributed by atoms with Gasteiger partial charge < -0.3 is 9.47 Å². The molecule has 0 bridgehead atoms. The molecule has 168 valence electrons. The van der Waals surface area contributed by atoms with Crippen LogP contribution in [0.5, 0.6) is 5.75 Å². The zero-order chi connectivity index (χ0) is 22.9. The lowest BCUT2D eigenvalue weighted by atomic mass is 10.1. The topological polar surface area (TPSA) is 87.0 Å². The highest BCUT2D eigenvalue weighted by molar-refractivity contribution is 5.97. The van der Waals surface area contributed by atoms with Crippen molar-refractivity contribution >= 4 is 17.4 Å². The van der Waals surface area contributed by atoms with Crippen molar-refractivity contribution in [2.75, 3.05) is 6.61 Å². The third-order valence-corrected chi connectivity index (χ3v) is 5.07. The van der Waals surface area contributed by atoms with Crippen molar-refractivity contribution in [3.8, 4) is 5.75 Å². The number of unbranched alkanes of at least 4 members (excludes halogenated alkanes) is 2. The van der Waals surface area contributed by atoms with Crippen molar-refractivity contribution in [2.24, 2.45) is 0 Å². The van der Waals surface area contributed by atoms with Gasteiger partial charge in [-0.1, -0.05) is 25.8 Å². The van der Waals surface area contributed by atoms with Crippen LogP contribution in [0.4, 0.5) is 0 Å². The molecule has 7 heteroatoms. The first-order valence-corrected chi connectivity index (χ1v) is 10.9. The van der Waals surface area contributed by atoms with E-state index in [1.165, 1.54) is 10.5 Å². The number of hydrogen-bond acceptors (Lipinski definition) is 6. The SMILES string of the molecule is CCCCCOc1ccc(C(=O)CCC(=O)OCc2cc(=O)n3cccc(C)c3n2)cc1. The minimum absolute atomic E-state index is 0.0420. The van der Waals surface area contributed by atoms with Crippen LogP contribution in [0.1, 0.15) is 60.6 Å². The van der Waals surface area contributed by atoms with E-state index in [-0.39, 0.29) is 30.8 Å². The monoisotopic (exact) mass is 436 g/mol. The van der Waals surface area contributed by atoms with Gasteiger partial charge in [0.1, 0.15) is 18.0 Å². The molecule has 0 radical (unpaired) electrons. The Kier molecular flexibility index (Phi) is 8.14. The Morgan fingerprint density at radius 1 is 1.06 bits per heavy atom. The summed E-state index contributed by atoms with van der Waals surface area (Å²) in [6, 6.07) is 11.9. The first-order valence-electron chi connectivity index (χ1n) is 10.9. The zero-order valence-electron chi connectivity index (χ0n) is 18.5. The molecule has 0 amide bonds. The van der Waals surface area contributed by atoms with Crippen molar-refractivity contribution < 1.29 is 19.1 Å². The van der Waals surface area contributed by atoms with Gasteiger partial charge in [-0.3, -0.25) is 18.8 Å². The molecule has 32 heavy (non-hydrogen) atoms. The van der Waals surface area contributed by atoms with Crippen LogP contribution in [0.3, 0.4) is 0 Å². The van der Waals surface area contributed by atoms with E-state index in [9.17, 15) is 14.4 Å². The number of rotatable bonds is 11. The van der Waals surface area contributed by atoms with Gasteiger partial charge in [0, 0.05) is 24.2 Å². The van der Waals surface area contributed by atoms with Crippen molar-refractivity contribution in [2.45, 2.75) is 52.6 Å². The summed E-state index contributed by atoms with van der Waals surface area (Å²) in [5.41, 5.74) is 2.04. The predicted molar refractivity (Wildman–Crippen MR) is 121 cm³/mol. The Balaban J connectivity index is 1.47. The number of benzene rings is 1. The molecule has 0 unspecified atom stereocenters. The van der Waals surface area contributed by atoms with E-state index in [1.807, 2.05) is 13.0 Å². The van der Waals surface area contributed by atoms with Gasteiger partial charge in [0.15, 0.2) is 5.78 Å². The number of carbonyl (C=O) groups excluding carboxylic acids is 2. The summed E-state index contributed by atoms with van der Waals surface area (Å²) in [4.78, 5) is 41.1. The van der Waals surface area contributed by atoms with Crippen molar-refractivity contribution in [1.82, 2.24) is 9.38 Å². The van der Waals surface area contributed by atoms with E-state index in [2.05, 4.69) is 11.9 Å². The van der Waals surface area contributed by atoms with E-state index >= 15 is 0 Å². The number of hydrogen-bond donors (Lipinski definition) is 0. The normalized spacial score (nSPS) is 10.8. The lowest BCUT2D eigenvalue weighted by Gasteiger charge is -2.08. The average Bonchev–Trinajstić information content (AvgIpc) is 2.80. The molecule has 1 aromatic carbocycles. The summed E-state index contributed by atoms with van der Waals surface area (Å²) in [6.07, 6.45) is 4.91. The minimum Gasteiger partial charge on any atom is -0.494 e. The first-order chi connectivity index (χ1) is 15.5. The number of aryl methyl sites for hydroxylation is 1. The number of pyridine rings is 1. The van der Waals surface area contributed by atoms with Crippen LogP contribution in [-0.4, -0.2) is 27.7 Å². The minimum atomic E-state index is -0.513. The molecular weight excluding hydrogens is 408 g/mol. The van der Waals surface area contributed by atoms with Gasteiger partial charge in [-0.2, -0.15) is 0 Å². The second kappa shape index (κ2) is 11.2. The van der Waals surface area contributed by atoms with E-state index < -0.39 is 5.97 Å². The Labute approximate surface area is 187 Å². The van der Waals surface area contributed by atoms with E-state index in [0.29, 0.717) is 23.5 Å². The Bertz CT molecular complexity index is 1140. The summed E-state index contributed by atoms with van der Waals surface area (Å²) < 4.78 is 12.3. The standard InChI is InChI=1S/C25H28N2O5/c1-3-4-5-15-31-21-10-8-19(9-11-21)22(28)12-13-24(30)32-17-20-16-23(29)27-14-6-7-18(2)25(27)26-20/h6-11,14,16H,3-5,12-13,15,17H2,1-2H3. The van der Waals surface area contributed by atoms with Gasteiger partial charge >= 0.3 is 5.97 Å². The maximum absolute atomic E-state index is 12.4. The van der Waals surface area contributed by atoms with Crippen molar-refractivity contribution in [3.05, 3.63) is 75.8 Å². The van der Waals surface area contributed by atoms with Crippen LogP contribution in [-0.2, 0) is 16.1 Å². The van der Waals surface area contributed by atoms with Gasteiger partial charge in [-0.15, -0.1) is 0 Å². The van der Waals surface area contributed by atoms with E-state index in [4.69, 9.17) is 9.47 Å². The molecule has 7 nitrogen and oxygen atoms in total. The third kappa shape index (κ3) is 6.26. The molecule has 0 fully saturated rings. The number of carbonyl (C=O) groups is 2. The highest BCUT2D eigenvalue weighted by atomic mass is 16.5. The fourth-order valence-electron chi connectivity index (χ4n) is 3.25. The zero-order valence-corrected chi connectivity index (χ0v) is 18.5. The molecule has 3 rings (SSSR count). The second-order valence-electron chi connectivity index (χ2n) is 7.63. The molecule has 0 spiro atoms. The lowest BCUT2D eigenvalue weighted by molar-refractivity contribution is -0.145. The summed E-state index contributed by atoms with van der Waals surface area (Å²) in [5.74, 6) is 0.0734. The van der Waals surface area contributed by atoms with Gasteiger partial charge in [0.2, 0.25) is 0 Å². The molecule has 0 saturated heterocycles. The summed E-state index contributed by atoms with van der Waals surface area (Å²) in [5, 5.41) is 0. The largest absolute Gasteiger partial charge is 0.494 e. The van der Waals surface area contributed by atoms with E-state index in [0.717, 1.165) is 30.6 Å². The third-order valence-electron chi connectivity index (χ3n) is 5.07. The molecule has 0 aliphatic rings. The van der Waals surface area contributed by atoms with Gasteiger partial charge in [-0.25, -0.2) is 4.98 Å².